The van der Waals surface area contributed by atoms with Crippen molar-refractivity contribution in [2.24, 2.45) is 5.41 Å². The molecule has 0 aromatic carbocycles. The Kier molecular flexibility index (Phi) is 2.24. The third-order valence-corrected chi connectivity index (χ3v) is 4.05. The third kappa shape index (κ3) is 1.34. The Morgan fingerprint density at radius 2 is 2.20 bits per heavy atom. The maximum Gasteiger partial charge on any atom is 0.155 e. The lowest BCUT2D eigenvalue weighted by Crippen LogP contribution is -2.50. The van der Waals surface area contributed by atoms with Crippen molar-refractivity contribution in [3.63, 3.8) is 0 Å². The Morgan fingerprint density at radius 1 is 1.47 bits per heavy atom. The van der Waals surface area contributed by atoms with Gasteiger partial charge in [-0.25, -0.2) is 0 Å². The van der Waals surface area contributed by atoms with Gasteiger partial charge in [-0.3, -0.25) is 4.79 Å². The molecule has 1 N–H and O–H groups in total. The van der Waals surface area contributed by atoms with E-state index >= 15 is 0 Å². The molecule has 0 spiro atoms. The van der Waals surface area contributed by atoms with Gasteiger partial charge in [0, 0.05) is 11.8 Å². The van der Waals surface area contributed by atoms with Crippen LogP contribution in [0.1, 0.15) is 39.0 Å². The van der Waals surface area contributed by atoms with Crippen LogP contribution in [0.25, 0.3) is 0 Å². The minimum Gasteiger partial charge on any atom is -0.377 e. The molecule has 15 heavy (non-hydrogen) atoms. The van der Waals surface area contributed by atoms with E-state index in [9.17, 15) is 9.90 Å². The standard InChI is InChI=1S/C13H16O2/c1-3-13(15)7-4-5-10-9-11(14)6-8-12(10,13)2/h1,9,15H,4-8H2,2H3/t12-,13?/m0/s1. The summed E-state index contributed by atoms with van der Waals surface area (Å²) in [6, 6.07) is 0. The molecule has 2 nitrogen and oxygen atoms in total. The number of hydrogen-bond donors (Lipinski definition) is 1. The van der Waals surface area contributed by atoms with E-state index in [1.807, 2.05) is 6.92 Å². The average molecular weight is 204 g/mol. The second-order valence-electron chi connectivity index (χ2n) is 4.83. The minimum atomic E-state index is -1.06. The Bertz CT molecular complexity index is 374. The highest BCUT2D eigenvalue weighted by molar-refractivity contribution is 5.91. The maximum absolute atomic E-state index is 11.3. The molecule has 0 amide bonds. The molecule has 1 unspecified atom stereocenters. The quantitative estimate of drug-likeness (QED) is 0.611. The number of allylic oxidation sites excluding steroid dienone is 1. The lowest BCUT2D eigenvalue weighted by atomic mass is 9.57. The molecule has 2 rings (SSSR count). The normalized spacial score (nSPS) is 40.3. The number of ketones is 1. The lowest BCUT2D eigenvalue weighted by Gasteiger charge is -2.48. The van der Waals surface area contributed by atoms with Gasteiger partial charge in [0.05, 0.1) is 0 Å². The molecular formula is C13H16O2. The van der Waals surface area contributed by atoms with Crippen LogP contribution < -0.4 is 0 Å². The summed E-state index contributed by atoms with van der Waals surface area (Å²) >= 11 is 0. The predicted octanol–water partition coefficient (Wildman–Crippen LogP) is 1.83. The van der Waals surface area contributed by atoms with Crippen LogP contribution in [0, 0.1) is 17.8 Å². The van der Waals surface area contributed by atoms with Crippen LogP contribution >= 0.6 is 0 Å². The van der Waals surface area contributed by atoms with Crippen molar-refractivity contribution in [1.82, 2.24) is 0 Å². The molecule has 2 aliphatic carbocycles. The number of rotatable bonds is 0. The summed E-state index contributed by atoms with van der Waals surface area (Å²) in [6.07, 6.45) is 10.7. The molecule has 80 valence electrons. The minimum absolute atomic E-state index is 0.170. The number of hydrogen-bond acceptors (Lipinski definition) is 2. The third-order valence-electron chi connectivity index (χ3n) is 4.05. The first-order valence-corrected chi connectivity index (χ1v) is 5.46. The largest absolute Gasteiger partial charge is 0.377 e. The van der Waals surface area contributed by atoms with Crippen LogP contribution in [0.5, 0.6) is 0 Å². The van der Waals surface area contributed by atoms with Crippen LogP contribution in [0.15, 0.2) is 11.6 Å². The lowest BCUT2D eigenvalue weighted by molar-refractivity contribution is -0.117. The van der Waals surface area contributed by atoms with Crippen molar-refractivity contribution in [3.8, 4) is 12.3 Å². The Balaban J connectivity index is 2.48. The highest BCUT2D eigenvalue weighted by Crippen LogP contribution is 2.52. The van der Waals surface area contributed by atoms with Crippen molar-refractivity contribution in [2.45, 2.75) is 44.6 Å². The average Bonchev–Trinajstić information content (AvgIpc) is 2.22. The topological polar surface area (TPSA) is 37.3 Å². The number of aliphatic hydroxyl groups is 1. The van der Waals surface area contributed by atoms with Crippen LogP contribution in [0.4, 0.5) is 0 Å². The summed E-state index contributed by atoms with van der Waals surface area (Å²) in [7, 11) is 0. The van der Waals surface area contributed by atoms with Crippen molar-refractivity contribution >= 4 is 5.78 Å². The first-order chi connectivity index (χ1) is 7.02. The summed E-state index contributed by atoms with van der Waals surface area (Å²) in [5.41, 5.74) is -0.392. The molecule has 0 saturated heterocycles. The van der Waals surface area contributed by atoms with Gasteiger partial charge in [-0.05, 0) is 31.8 Å². The Hall–Kier alpha value is -1.07. The second-order valence-corrected chi connectivity index (χ2v) is 4.83. The predicted molar refractivity (Wildman–Crippen MR) is 58.1 cm³/mol. The van der Waals surface area contributed by atoms with Gasteiger partial charge in [-0.15, -0.1) is 6.42 Å². The van der Waals surface area contributed by atoms with Crippen LogP contribution in [0.3, 0.4) is 0 Å². The van der Waals surface area contributed by atoms with Gasteiger partial charge in [0.15, 0.2) is 5.78 Å². The zero-order valence-electron chi connectivity index (χ0n) is 9.05. The molecular weight excluding hydrogens is 188 g/mol. The molecule has 0 radical (unpaired) electrons. The summed E-state index contributed by atoms with van der Waals surface area (Å²) in [6.45, 7) is 1.99. The van der Waals surface area contributed by atoms with Crippen molar-refractivity contribution < 1.29 is 9.90 Å². The van der Waals surface area contributed by atoms with E-state index in [0.29, 0.717) is 19.3 Å². The molecule has 2 atom stereocenters. The van der Waals surface area contributed by atoms with Gasteiger partial charge in [0.2, 0.25) is 0 Å². The fraction of sp³-hybridized carbons (Fsp3) is 0.615. The molecule has 0 aliphatic heterocycles. The summed E-state index contributed by atoms with van der Waals surface area (Å²) < 4.78 is 0. The first-order valence-electron chi connectivity index (χ1n) is 5.46. The van der Waals surface area contributed by atoms with E-state index < -0.39 is 5.60 Å². The second kappa shape index (κ2) is 3.21. The van der Waals surface area contributed by atoms with Gasteiger partial charge < -0.3 is 5.11 Å². The van der Waals surface area contributed by atoms with E-state index in [-0.39, 0.29) is 11.2 Å². The van der Waals surface area contributed by atoms with Crippen molar-refractivity contribution in [2.75, 3.05) is 0 Å². The van der Waals surface area contributed by atoms with Crippen LogP contribution in [-0.4, -0.2) is 16.5 Å². The molecule has 0 heterocycles. The highest BCUT2D eigenvalue weighted by Gasteiger charge is 2.51. The number of fused-ring (bicyclic) bond motifs is 1. The van der Waals surface area contributed by atoms with Gasteiger partial charge >= 0.3 is 0 Å². The van der Waals surface area contributed by atoms with Gasteiger partial charge in [-0.1, -0.05) is 18.4 Å². The molecule has 0 aromatic rings. The first kappa shape index (κ1) is 10.4. The van der Waals surface area contributed by atoms with Crippen LogP contribution in [0.2, 0.25) is 0 Å². The van der Waals surface area contributed by atoms with Crippen LogP contribution in [-0.2, 0) is 4.79 Å². The SMILES string of the molecule is C#CC1(O)CCCC2=CC(=O)CC[C@@]21C. The van der Waals surface area contributed by atoms with Gasteiger partial charge in [-0.2, -0.15) is 0 Å². The van der Waals surface area contributed by atoms with Crippen molar-refractivity contribution in [3.05, 3.63) is 11.6 Å². The zero-order valence-corrected chi connectivity index (χ0v) is 9.05. The molecule has 1 fully saturated rings. The number of carbonyl (C=O) groups is 1. The highest BCUT2D eigenvalue weighted by atomic mass is 16.3. The van der Waals surface area contributed by atoms with E-state index in [2.05, 4.69) is 5.92 Å². The number of terminal acetylenes is 1. The monoisotopic (exact) mass is 204 g/mol. The van der Waals surface area contributed by atoms with Gasteiger partial charge in [0.1, 0.15) is 5.60 Å². The fourth-order valence-electron chi connectivity index (χ4n) is 2.82. The van der Waals surface area contributed by atoms with E-state index in [0.717, 1.165) is 18.4 Å². The van der Waals surface area contributed by atoms with E-state index in [4.69, 9.17) is 6.42 Å². The molecule has 0 bridgehead atoms. The molecule has 2 aliphatic rings. The Labute approximate surface area is 90.4 Å². The van der Waals surface area contributed by atoms with E-state index in [1.165, 1.54) is 0 Å². The summed E-state index contributed by atoms with van der Waals surface area (Å²) in [4.78, 5) is 11.3. The Morgan fingerprint density at radius 3 is 2.87 bits per heavy atom. The summed E-state index contributed by atoms with van der Waals surface area (Å²) in [5.74, 6) is 2.71. The zero-order chi connectivity index (χ0) is 11.1. The summed E-state index contributed by atoms with van der Waals surface area (Å²) in [5, 5.41) is 10.4. The molecule has 2 heteroatoms. The van der Waals surface area contributed by atoms with Crippen molar-refractivity contribution in [1.29, 1.82) is 0 Å². The fourth-order valence-corrected chi connectivity index (χ4v) is 2.82. The number of carbonyl (C=O) groups excluding carboxylic acids is 1. The maximum atomic E-state index is 11.3. The smallest absolute Gasteiger partial charge is 0.155 e. The van der Waals surface area contributed by atoms with E-state index in [1.54, 1.807) is 6.08 Å². The van der Waals surface area contributed by atoms with Gasteiger partial charge in [0.25, 0.3) is 0 Å². The molecule has 1 saturated carbocycles. The molecule has 0 aromatic heterocycles.